The SMILES string of the molecule is C.C.CC(C)N(C(C)C)P(OCCC#N)N(C(C)C)C(C)C.CCCCc1nc2c(N)nc3cc(OCCO)ccc3c2n1CCC.CCCCc1nc2c(N)nc3cc(OCCOP(=O)(O)OCCOCCOCCOC)ccc3c2n1CCO.CCOCNP(OCCOCCOCCOC)N(C(C)C)C(C)C.COCCOCCOCCO. The Balaban J connectivity index is 0.00000156. The number of aliphatic hydroxyl groups is 3. The van der Waals surface area contributed by atoms with Crippen LogP contribution in [0.5, 0.6) is 11.5 Å². The van der Waals surface area contributed by atoms with E-state index in [4.69, 9.17) is 112 Å². The number of anilines is 2. The number of fused-ring (bicyclic) bond motifs is 6. The standard InChI is InChI=1S/C25H39N4O9P.C19H26N4O2.C16H37N2O5P.C15H32N3OP.C7H16O4.2CH4/c1-3-4-5-22-28-23-24(29(22)8-9-30)20-7-6-19(18-21(20)27-25(23)26)36-15-17-38-39(31,32)37-16-14-35-13-12-34-11-10-33-2;1-3-5-6-16-22-17-18(23(16)9-4-2)14-8-7-13(25-11-10-24)12-15(14)21-19(17)20;1-7-20-14-17-24(18(15(2)3)16(4)5)23-13-12-22-11-10-21-9-8-19-6;1-12(2)17(13(3)4)20(19-11-9-10-16)18(14(5)6)15(7)8;1-9-4-5-11-7-6-10-3-2-8;;/h6-7,18,30H,3-5,8-17H2,1-2H3,(H2,26,27)(H,31,32);7-8,12,24H,3-6,9-11H2,1-2H3,(H2,20,21);15-17H,7-14H2,1-6H3;12-15H,9,11H2,1-8H3;8H,2-7H2,1H3;2*1H4. The van der Waals surface area contributed by atoms with Crippen molar-refractivity contribution >= 4 is 80.2 Å². The average Bonchev–Trinajstić information content (AvgIpc) is 1.59. The van der Waals surface area contributed by atoms with Crippen molar-refractivity contribution in [2.24, 2.45) is 0 Å². The molecule has 2 atom stereocenters. The van der Waals surface area contributed by atoms with Crippen LogP contribution in [0.25, 0.3) is 43.9 Å². The van der Waals surface area contributed by atoms with E-state index < -0.39 is 24.7 Å². The van der Waals surface area contributed by atoms with Gasteiger partial charge in [0.1, 0.15) is 54.1 Å². The number of nitriles is 1. The Morgan fingerprint density at radius 3 is 1.25 bits per heavy atom. The number of imidazole rings is 2. The molecule has 6 aromatic rings. The third kappa shape index (κ3) is 45.4. The number of rotatable bonds is 62. The highest BCUT2D eigenvalue weighted by Gasteiger charge is 2.35. The maximum absolute atomic E-state index is 12.0. The van der Waals surface area contributed by atoms with E-state index in [2.05, 4.69) is 144 Å². The molecule has 0 bridgehead atoms. The molecule has 0 aliphatic rings. The van der Waals surface area contributed by atoms with Gasteiger partial charge in [-0.15, -0.1) is 0 Å². The molecule has 6 rings (SSSR count). The fourth-order valence-corrected chi connectivity index (χ4v) is 16.8. The highest BCUT2D eigenvalue weighted by Crippen LogP contribution is 2.51. The lowest BCUT2D eigenvalue weighted by molar-refractivity contribution is 0.0140. The number of hydrogen-bond donors (Lipinski definition) is 7. The van der Waals surface area contributed by atoms with Gasteiger partial charge in [0.15, 0.2) is 28.5 Å². The second kappa shape index (κ2) is 70.2. The fraction of sp³-hybridized carbons (Fsp3) is 0.750. The van der Waals surface area contributed by atoms with Crippen molar-refractivity contribution < 1.29 is 99.7 Å². The van der Waals surface area contributed by atoms with Crippen molar-refractivity contribution in [3.8, 4) is 17.6 Å². The molecule has 0 amide bonds. The van der Waals surface area contributed by atoms with Gasteiger partial charge in [-0.1, -0.05) is 48.5 Å². The largest absolute Gasteiger partial charge is 0.491 e. The minimum Gasteiger partial charge on any atom is -0.491 e. The lowest BCUT2D eigenvalue weighted by Gasteiger charge is -2.45. The van der Waals surface area contributed by atoms with Gasteiger partial charge in [0.25, 0.3) is 0 Å². The van der Waals surface area contributed by atoms with Crippen LogP contribution in [0.3, 0.4) is 0 Å². The maximum Gasteiger partial charge on any atom is 0.472 e. The third-order valence-electron chi connectivity index (χ3n) is 17.0. The van der Waals surface area contributed by atoms with E-state index in [-0.39, 0.29) is 67.7 Å². The highest BCUT2D eigenvalue weighted by atomic mass is 31.2. The number of nitrogens with two attached hydrogens (primary N) is 2. The molecule has 0 aliphatic carbocycles. The van der Waals surface area contributed by atoms with E-state index in [1.807, 2.05) is 35.8 Å². The molecular formula is C84H158N13O21P3. The number of phosphoric acid groups is 1. The van der Waals surface area contributed by atoms with E-state index in [1.54, 1.807) is 33.5 Å². The highest BCUT2D eigenvalue weighted by molar-refractivity contribution is 7.48. The molecule has 37 heteroatoms. The number of unbranched alkanes of at least 4 members (excludes halogenated alkanes) is 2. The molecule has 9 N–H and O–H groups in total. The maximum atomic E-state index is 12.0. The van der Waals surface area contributed by atoms with Gasteiger partial charge in [-0.05, 0) is 134 Å². The van der Waals surface area contributed by atoms with Crippen LogP contribution in [0, 0.1) is 11.3 Å². The van der Waals surface area contributed by atoms with Crippen molar-refractivity contribution in [2.45, 2.75) is 226 Å². The van der Waals surface area contributed by atoms with E-state index in [9.17, 15) is 14.6 Å². The quantitative estimate of drug-likeness (QED) is 0.0106. The van der Waals surface area contributed by atoms with Crippen LogP contribution in [0.15, 0.2) is 36.4 Å². The van der Waals surface area contributed by atoms with Gasteiger partial charge in [0.2, 0.25) is 0 Å². The van der Waals surface area contributed by atoms with Crippen molar-refractivity contribution in [3.05, 3.63) is 48.0 Å². The first-order chi connectivity index (χ1) is 57.3. The van der Waals surface area contributed by atoms with Gasteiger partial charge < -0.3 is 107 Å². The molecule has 4 heterocycles. The first-order valence-electron chi connectivity index (χ1n) is 42.0. The number of nitrogens with zero attached hydrogens (tertiary/aromatic N) is 10. The molecule has 34 nitrogen and oxygen atoms in total. The molecule has 0 saturated heterocycles. The molecule has 0 fully saturated rings. The summed E-state index contributed by atoms with van der Waals surface area (Å²) in [5.74, 6) is 3.88. The lowest BCUT2D eigenvalue weighted by atomic mass is 10.1. The smallest absolute Gasteiger partial charge is 0.472 e. The molecule has 0 spiro atoms. The first kappa shape index (κ1) is 116. The molecule has 0 saturated carbocycles. The first-order valence-corrected chi connectivity index (χ1v) is 45.8. The summed E-state index contributed by atoms with van der Waals surface area (Å²) in [5.41, 5.74) is 17.1. The Morgan fingerprint density at radius 2 is 0.868 bits per heavy atom. The number of aryl methyl sites for hydroxylation is 3. The van der Waals surface area contributed by atoms with E-state index in [1.165, 1.54) is 0 Å². The molecule has 700 valence electrons. The predicted molar refractivity (Wildman–Crippen MR) is 486 cm³/mol. The Hall–Kier alpha value is -4.90. The summed E-state index contributed by atoms with van der Waals surface area (Å²) in [5, 5.41) is 40.9. The van der Waals surface area contributed by atoms with Gasteiger partial charge in [-0.25, -0.2) is 43.6 Å². The topological polar surface area (TPSA) is 405 Å². The van der Waals surface area contributed by atoms with Crippen molar-refractivity contribution in [2.75, 3.05) is 205 Å². The second-order valence-corrected chi connectivity index (χ2v) is 33.3. The van der Waals surface area contributed by atoms with E-state index in [0.29, 0.717) is 202 Å². The number of ether oxygens (including phenoxy) is 12. The van der Waals surface area contributed by atoms with Gasteiger partial charge >= 0.3 is 7.82 Å². The zero-order valence-electron chi connectivity index (χ0n) is 75.1. The van der Waals surface area contributed by atoms with E-state index >= 15 is 0 Å². The molecular weight excluding hydrogens is 1620 g/mol. The summed E-state index contributed by atoms with van der Waals surface area (Å²) in [6.45, 7) is 45.8. The Labute approximate surface area is 726 Å². The van der Waals surface area contributed by atoms with Gasteiger partial charge in [0, 0.05) is 113 Å². The van der Waals surface area contributed by atoms with Crippen molar-refractivity contribution in [1.29, 1.82) is 5.26 Å². The summed E-state index contributed by atoms with van der Waals surface area (Å²) in [6.07, 6.45) is 7.46. The third-order valence-corrected chi connectivity index (χ3v) is 23.3. The number of phosphoric ester groups is 1. The molecule has 4 aromatic heterocycles. The van der Waals surface area contributed by atoms with Gasteiger partial charge in [-0.3, -0.25) is 9.05 Å². The van der Waals surface area contributed by atoms with E-state index in [0.717, 1.165) is 96.0 Å². The van der Waals surface area contributed by atoms with Crippen LogP contribution in [0.2, 0.25) is 0 Å². The van der Waals surface area contributed by atoms with Gasteiger partial charge in [-0.2, -0.15) is 5.26 Å². The summed E-state index contributed by atoms with van der Waals surface area (Å²) in [6, 6.07) is 15.8. The molecule has 2 aromatic carbocycles. The zero-order valence-corrected chi connectivity index (χ0v) is 77.8. The van der Waals surface area contributed by atoms with Gasteiger partial charge in [0.05, 0.1) is 180 Å². The van der Waals surface area contributed by atoms with Crippen molar-refractivity contribution in [1.82, 2.24) is 48.2 Å². The number of benzene rings is 2. The Bertz CT molecular complexity index is 3610. The minimum atomic E-state index is -4.24. The number of pyridine rings is 2. The van der Waals surface area contributed by atoms with Crippen LogP contribution < -0.4 is 26.0 Å². The number of aliphatic hydroxyl groups excluding tert-OH is 3. The molecule has 2 unspecified atom stereocenters. The number of methoxy groups -OCH3 is 3. The summed E-state index contributed by atoms with van der Waals surface area (Å²) in [7, 11) is -1.12. The average molecular weight is 1780 g/mol. The van der Waals surface area contributed by atoms with Crippen LogP contribution in [-0.2, 0) is 96.0 Å². The molecule has 0 aliphatic heterocycles. The zero-order chi connectivity index (χ0) is 88.3. The Morgan fingerprint density at radius 1 is 0.479 bits per heavy atom. The van der Waals surface area contributed by atoms with Crippen LogP contribution in [-0.4, -0.2) is 293 Å². The second-order valence-electron chi connectivity index (χ2n) is 28.6. The number of hydrogen-bond acceptors (Lipinski definition) is 31. The summed E-state index contributed by atoms with van der Waals surface area (Å²) >= 11 is 0. The minimum absolute atomic E-state index is 0. The summed E-state index contributed by atoms with van der Waals surface area (Å²) in [4.78, 5) is 28.4. The van der Waals surface area contributed by atoms with Crippen LogP contribution >= 0.6 is 24.7 Å². The van der Waals surface area contributed by atoms with Crippen LogP contribution in [0.4, 0.5) is 11.6 Å². The number of aromatic nitrogens is 6. The van der Waals surface area contributed by atoms with Crippen LogP contribution in [0.1, 0.15) is 176 Å². The Kier molecular flexibility index (Phi) is 67.4. The normalized spacial score (nSPS) is 12.4. The predicted octanol–water partition coefficient (Wildman–Crippen LogP) is 13.9. The number of nitrogens with one attached hydrogen (secondary N) is 1. The monoisotopic (exact) mass is 1780 g/mol. The summed E-state index contributed by atoms with van der Waals surface area (Å²) < 4.78 is 108. The molecule has 121 heavy (non-hydrogen) atoms. The lowest BCUT2D eigenvalue weighted by Crippen LogP contribution is -2.43. The van der Waals surface area contributed by atoms with Crippen molar-refractivity contribution in [3.63, 3.8) is 0 Å². The fourth-order valence-electron chi connectivity index (χ4n) is 12.1. The number of nitrogen functional groups attached to an aromatic ring is 2. The molecule has 0 radical (unpaired) electrons.